The van der Waals surface area contributed by atoms with Gasteiger partial charge in [0.2, 0.25) is 5.91 Å². The molecule has 1 saturated carbocycles. The Morgan fingerprint density at radius 3 is 2.50 bits per heavy atom. The maximum atomic E-state index is 13.4. The van der Waals surface area contributed by atoms with Crippen LogP contribution < -0.4 is 0 Å². The van der Waals surface area contributed by atoms with Crippen LogP contribution in [0.2, 0.25) is 0 Å². The molecular formula is C24H27F3N2O3. The van der Waals surface area contributed by atoms with Gasteiger partial charge in [-0.15, -0.1) is 0 Å². The van der Waals surface area contributed by atoms with Crippen LogP contribution in [-0.4, -0.2) is 34.9 Å². The number of nitrogens with zero attached hydrogens (tertiary/aromatic N) is 2. The number of halogens is 3. The summed E-state index contributed by atoms with van der Waals surface area (Å²) in [6, 6.07) is 6.83. The van der Waals surface area contributed by atoms with Crippen LogP contribution in [0.15, 0.2) is 36.5 Å². The predicted molar refractivity (Wildman–Crippen MR) is 113 cm³/mol. The standard InChI is InChI=1S/C24H27F3N2O3/c1-3-29(23(31)17-6-5-7-17)15-18-14-19(24(25,26)27)8-9-20(18)21-12-16(10-11-28-21)13-22(30)32-4-2/h8-12,14,17H,3-7,13,15H2,1-2H3. The Kier molecular flexibility index (Phi) is 7.53. The minimum Gasteiger partial charge on any atom is -0.466 e. The zero-order valence-corrected chi connectivity index (χ0v) is 18.2. The second-order valence-electron chi connectivity index (χ2n) is 7.88. The van der Waals surface area contributed by atoms with Crippen molar-refractivity contribution in [3.63, 3.8) is 0 Å². The summed E-state index contributed by atoms with van der Waals surface area (Å²) in [5.74, 6) is -0.457. The van der Waals surface area contributed by atoms with Crippen LogP contribution in [0.5, 0.6) is 0 Å². The fourth-order valence-electron chi connectivity index (χ4n) is 3.73. The smallest absolute Gasteiger partial charge is 0.416 e. The number of benzene rings is 1. The van der Waals surface area contributed by atoms with E-state index < -0.39 is 11.7 Å². The Labute approximate surface area is 185 Å². The van der Waals surface area contributed by atoms with E-state index in [0.717, 1.165) is 31.4 Å². The van der Waals surface area contributed by atoms with E-state index in [2.05, 4.69) is 4.98 Å². The van der Waals surface area contributed by atoms with Crippen LogP contribution in [0.1, 0.15) is 49.8 Å². The fourth-order valence-corrected chi connectivity index (χ4v) is 3.73. The van der Waals surface area contributed by atoms with Crippen LogP contribution in [-0.2, 0) is 33.5 Å². The molecule has 1 amide bonds. The molecule has 0 unspecified atom stereocenters. The number of aromatic nitrogens is 1. The van der Waals surface area contributed by atoms with Crippen molar-refractivity contribution in [1.82, 2.24) is 9.88 Å². The molecule has 1 aliphatic carbocycles. The molecule has 0 spiro atoms. The number of carbonyl (C=O) groups is 2. The third-order valence-corrected chi connectivity index (χ3v) is 5.70. The largest absolute Gasteiger partial charge is 0.466 e. The van der Waals surface area contributed by atoms with Crippen LogP contribution >= 0.6 is 0 Å². The van der Waals surface area contributed by atoms with Crippen molar-refractivity contribution in [2.45, 2.75) is 52.3 Å². The predicted octanol–water partition coefficient (Wildman–Crippen LogP) is 5.02. The fraction of sp³-hybridized carbons (Fsp3) is 0.458. The number of carbonyl (C=O) groups excluding carboxylic acids is 2. The molecule has 1 heterocycles. The van der Waals surface area contributed by atoms with Crippen LogP contribution in [0.3, 0.4) is 0 Å². The van der Waals surface area contributed by atoms with Gasteiger partial charge < -0.3 is 9.64 Å². The highest BCUT2D eigenvalue weighted by atomic mass is 19.4. The summed E-state index contributed by atoms with van der Waals surface area (Å²) in [5, 5.41) is 0. The first-order valence-corrected chi connectivity index (χ1v) is 10.8. The zero-order valence-electron chi connectivity index (χ0n) is 18.2. The number of ether oxygens (including phenoxy) is 1. The SMILES string of the molecule is CCOC(=O)Cc1ccnc(-c2ccc(C(F)(F)F)cc2CN(CC)C(=O)C2CCC2)c1. The molecule has 1 aliphatic rings. The van der Waals surface area contributed by atoms with E-state index in [1.54, 1.807) is 24.0 Å². The molecule has 5 nitrogen and oxygen atoms in total. The van der Waals surface area contributed by atoms with E-state index in [1.807, 2.05) is 6.92 Å². The van der Waals surface area contributed by atoms with Gasteiger partial charge in [0, 0.05) is 30.8 Å². The number of esters is 1. The summed E-state index contributed by atoms with van der Waals surface area (Å²) >= 11 is 0. The monoisotopic (exact) mass is 448 g/mol. The molecule has 1 aromatic carbocycles. The number of pyridine rings is 1. The van der Waals surface area contributed by atoms with E-state index in [9.17, 15) is 22.8 Å². The zero-order chi connectivity index (χ0) is 23.3. The average molecular weight is 448 g/mol. The molecule has 2 aromatic rings. The second kappa shape index (κ2) is 10.1. The van der Waals surface area contributed by atoms with Gasteiger partial charge in [-0.25, -0.2) is 0 Å². The van der Waals surface area contributed by atoms with Crippen molar-refractivity contribution in [2.75, 3.05) is 13.2 Å². The molecule has 0 saturated heterocycles. The molecule has 0 aliphatic heterocycles. The van der Waals surface area contributed by atoms with E-state index in [1.165, 1.54) is 12.3 Å². The van der Waals surface area contributed by atoms with Crippen LogP contribution in [0.4, 0.5) is 13.2 Å². The Balaban J connectivity index is 1.96. The van der Waals surface area contributed by atoms with Gasteiger partial charge in [-0.1, -0.05) is 12.5 Å². The molecule has 0 N–H and O–H groups in total. The highest BCUT2D eigenvalue weighted by molar-refractivity contribution is 5.80. The molecule has 1 aromatic heterocycles. The summed E-state index contributed by atoms with van der Waals surface area (Å²) in [4.78, 5) is 30.5. The third kappa shape index (κ3) is 5.66. The highest BCUT2D eigenvalue weighted by Crippen LogP contribution is 2.35. The summed E-state index contributed by atoms with van der Waals surface area (Å²) in [5.41, 5.74) is 1.20. The lowest BCUT2D eigenvalue weighted by Gasteiger charge is -2.31. The number of rotatable bonds is 8. The first-order valence-electron chi connectivity index (χ1n) is 10.8. The molecule has 0 atom stereocenters. The maximum absolute atomic E-state index is 13.4. The third-order valence-electron chi connectivity index (χ3n) is 5.70. The summed E-state index contributed by atoms with van der Waals surface area (Å²) in [6.45, 7) is 4.27. The van der Waals surface area contributed by atoms with E-state index in [4.69, 9.17) is 4.74 Å². The quantitative estimate of drug-likeness (QED) is 0.532. The van der Waals surface area contributed by atoms with Gasteiger partial charge in [-0.05, 0) is 62.1 Å². The molecule has 8 heteroatoms. The van der Waals surface area contributed by atoms with Crippen molar-refractivity contribution in [2.24, 2.45) is 5.92 Å². The summed E-state index contributed by atoms with van der Waals surface area (Å²) in [7, 11) is 0. The molecule has 0 bridgehead atoms. The highest BCUT2D eigenvalue weighted by Gasteiger charge is 2.33. The molecular weight excluding hydrogens is 421 g/mol. The number of alkyl halides is 3. The van der Waals surface area contributed by atoms with Gasteiger partial charge in [0.25, 0.3) is 0 Å². The van der Waals surface area contributed by atoms with Crippen molar-refractivity contribution >= 4 is 11.9 Å². The van der Waals surface area contributed by atoms with Gasteiger partial charge in [-0.3, -0.25) is 14.6 Å². The van der Waals surface area contributed by atoms with Crippen molar-refractivity contribution in [3.8, 4) is 11.3 Å². The lowest BCUT2D eigenvalue weighted by molar-refractivity contribution is -0.142. The minimum atomic E-state index is -4.50. The molecule has 3 rings (SSSR count). The lowest BCUT2D eigenvalue weighted by Crippen LogP contribution is -2.38. The molecule has 172 valence electrons. The normalized spacial score (nSPS) is 14.0. The Morgan fingerprint density at radius 2 is 1.91 bits per heavy atom. The van der Waals surface area contributed by atoms with E-state index >= 15 is 0 Å². The van der Waals surface area contributed by atoms with Gasteiger partial charge >= 0.3 is 12.1 Å². The first-order chi connectivity index (χ1) is 15.2. The average Bonchev–Trinajstić information content (AvgIpc) is 2.70. The number of hydrogen-bond acceptors (Lipinski definition) is 4. The number of amides is 1. The van der Waals surface area contributed by atoms with Crippen LogP contribution in [0.25, 0.3) is 11.3 Å². The lowest BCUT2D eigenvalue weighted by atomic mass is 9.84. The first kappa shape index (κ1) is 23.8. The van der Waals surface area contributed by atoms with E-state index in [0.29, 0.717) is 28.9 Å². The maximum Gasteiger partial charge on any atom is 0.416 e. The van der Waals surface area contributed by atoms with Crippen molar-refractivity contribution in [3.05, 3.63) is 53.2 Å². The van der Waals surface area contributed by atoms with Gasteiger partial charge in [0.15, 0.2) is 0 Å². The van der Waals surface area contributed by atoms with Gasteiger partial charge in [0.05, 0.1) is 24.3 Å². The topological polar surface area (TPSA) is 59.5 Å². The number of hydrogen-bond donors (Lipinski definition) is 0. The molecule has 1 fully saturated rings. The minimum absolute atomic E-state index is 0.0221. The van der Waals surface area contributed by atoms with Crippen molar-refractivity contribution < 1.29 is 27.5 Å². The summed E-state index contributed by atoms with van der Waals surface area (Å²) < 4.78 is 45.2. The van der Waals surface area contributed by atoms with Gasteiger partial charge in [-0.2, -0.15) is 13.2 Å². The van der Waals surface area contributed by atoms with Crippen LogP contribution in [0, 0.1) is 5.92 Å². The molecule has 0 radical (unpaired) electrons. The van der Waals surface area contributed by atoms with Gasteiger partial charge in [0.1, 0.15) is 0 Å². The van der Waals surface area contributed by atoms with Crippen molar-refractivity contribution in [1.29, 1.82) is 0 Å². The Hall–Kier alpha value is -2.90. The molecule has 32 heavy (non-hydrogen) atoms. The Morgan fingerprint density at radius 1 is 1.16 bits per heavy atom. The second-order valence-corrected chi connectivity index (χ2v) is 7.88. The Bertz CT molecular complexity index is 971. The summed E-state index contributed by atoms with van der Waals surface area (Å²) in [6.07, 6.45) is -0.297. The van der Waals surface area contributed by atoms with E-state index in [-0.39, 0.29) is 37.4 Å².